The molecule has 0 radical (unpaired) electrons. The third-order valence-corrected chi connectivity index (χ3v) is 12.8. The van der Waals surface area contributed by atoms with Crippen molar-refractivity contribution in [1.29, 1.82) is 0 Å². The fraction of sp³-hybridized carbons (Fsp3) is 0. The summed E-state index contributed by atoms with van der Waals surface area (Å²) < 4.78 is 0. The van der Waals surface area contributed by atoms with Crippen molar-refractivity contribution in [2.24, 2.45) is 0 Å². The summed E-state index contributed by atoms with van der Waals surface area (Å²) in [5.41, 5.74) is 22.8. The molecule has 0 saturated carbocycles. The van der Waals surface area contributed by atoms with E-state index < -0.39 is 0 Å². The predicted molar refractivity (Wildman–Crippen MR) is 268 cm³/mol. The molecule has 0 fully saturated rings. The SMILES string of the molecule is c1ccc(-c2ccc(N3c4ccc(-c5ccccc5)cc4B4c5ccccc5N(c5cccc(-c6ccccc6)c5)c5c(-c6ccccc6)cc(-c6ccccc6)c3c54)cc2)cc1. The van der Waals surface area contributed by atoms with Crippen LogP contribution in [0.1, 0.15) is 0 Å². The van der Waals surface area contributed by atoms with E-state index in [1.165, 1.54) is 94.8 Å². The van der Waals surface area contributed by atoms with Crippen molar-refractivity contribution < 1.29 is 0 Å². The first-order valence-corrected chi connectivity index (χ1v) is 21.8. The highest BCUT2D eigenvalue weighted by Gasteiger charge is 2.45. The van der Waals surface area contributed by atoms with E-state index in [0.29, 0.717) is 0 Å². The molecule has 3 heteroatoms. The Bertz CT molecular complexity index is 3260. The van der Waals surface area contributed by atoms with Gasteiger partial charge in [0.15, 0.2) is 0 Å². The minimum atomic E-state index is -0.0654. The topological polar surface area (TPSA) is 6.48 Å². The zero-order chi connectivity index (χ0) is 41.7. The Morgan fingerprint density at radius 2 is 0.667 bits per heavy atom. The standard InChI is InChI=1S/C60H41BN2/c1-6-19-42(20-7-1)45-33-36-50(37-34-45)62-57-38-35-49(44-23-10-3-11-24-44)40-55(57)61-54-31-16-17-32-56(54)63(51-30-18-29-48(39-51)43-21-8-2-9-22-43)60-53(47-27-14-5-15-28-47)41-52(59(62)58(60)61)46-25-12-4-13-26-46/h1-41H. The van der Waals surface area contributed by atoms with Crippen molar-refractivity contribution in [1.82, 2.24) is 0 Å². The molecule has 10 aromatic carbocycles. The first kappa shape index (κ1) is 36.7. The highest BCUT2D eigenvalue weighted by atomic mass is 15.2. The monoisotopic (exact) mass is 800 g/mol. The quantitative estimate of drug-likeness (QED) is 0.148. The maximum atomic E-state index is 2.55. The Labute approximate surface area is 369 Å². The van der Waals surface area contributed by atoms with Crippen LogP contribution in [0.15, 0.2) is 249 Å². The van der Waals surface area contributed by atoms with Gasteiger partial charge >= 0.3 is 0 Å². The number of benzene rings is 10. The average Bonchev–Trinajstić information content (AvgIpc) is 3.37. The van der Waals surface area contributed by atoms with Gasteiger partial charge in [0, 0.05) is 33.9 Å². The molecule has 2 nitrogen and oxygen atoms in total. The van der Waals surface area contributed by atoms with Crippen LogP contribution < -0.4 is 26.2 Å². The predicted octanol–water partition coefficient (Wildman–Crippen LogP) is 14.1. The molecule has 2 heterocycles. The highest BCUT2D eigenvalue weighted by molar-refractivity contribution is 7.00. The Morgan fingerprint density at radius 1 is 0.254 bits per heavy atom. The normalized spacial score (nSPS) is 12.3. The summed E-state index contributed by atoms with van der Waals surface area (Å²) in [7, 11) is 0. The minimum Gasteiger partial charge on any atom is -0.311 e. The lowest BCUT2D eigenvalue weighted by Crippen LogP contribution is -2.61. The van der Waals surface area contributed by atoms with Crippen LogP contribution in [0.4, 0.5) is 34.1 Å². The van der Waals surface area contributed by atoms with E-state index >= 15 is 0 Å². The molecule has 2 aliphatic rings. The highest BCUT2D eigenvalue weighted by Crippen LogP contribution is 2.52. The fourth-order valence-electron chi connectivity index (χ4n) is 9.99. The fourth-order valence-corrected chi connectivity index (χ4v) is 9.99. The molecule has 0 amide bonds. The van der Waals surface area contributed by atoms with Crippen LogP contribution >= 0.6 is 0 Å². The maximum absolute atomic E-state index is 2.55. The summed E-state index contributed by atoms with van der Waals surface area (Å²) in [5, 5.41) is 0. The molecule has 0 aliphatic carbocycles. The van der Waals surface area contributed by atoms with Gasteiger partial charge in [0.2, 0.25) is 0 Å². The summed E-state index contributed by atoms with van der Waals surface area (Å²) in [6.45, 7) is -0.0654. The van der Waals surface area contributed by atoms with Crippen molar-refractivity contribution in [2.45, 2.75) is 0 Å². The largest absolute Gasteiger partial charge is 0.311 e. The maximum Gasteiger partial charge on any atom is 0.252 e. The molecule has 0 saturated heterocycles. The van der Waals surface area contributed by atoms with Gasteiger partial charge < -0.3 is 9.80 Å². The number of para-hydroxylation sites is 1. The number of rotatable bonds is 7. The Morgan fingerprint density at radius 3 is 1.24 bits per heavy atom. The number of hydrogen-bond acceptors (Lipinski definition) is 2. The van der Waals surface area contributed by atoms with Gasteiger partial charge in [0.05, 0.1) is 11.4 Å². The van der Waals surface area contributed by atoms with Crippen LogP contribution in [0.25, 0.3) is 55.6 Å². The zero-order valence-electron chi connectivity index (χ0n) is 34.6. The third kappa shape index (κ3) is 6.28. The lowest BCUT2D eigenvalue weighted by atomic mass is 9.33. The average molecular weight is 801 g/mol. The molecule has 12 rings (SSSR count). The van der Waals surface area contributed by atoms with Crippen molar-refractivity contribution in [3.05, 3.63) is 249 Å². The van der Waals surface area contributed by atoms with Crippen LogP contribution in [0.3, 0.4) is 0 Å². The van der Waals surface area contributed by atoms with Crippen LogP contribution in [0.5, 0.6) is 0 Å². The Balaban J connectivity index is 1.22. The second-order valence-corrected chi connectivity index (χ2v) is 16.4. The van der Waals surface area contributed by atoms with E-state index in [0.717, 1.165) is 11.4 Å². The van der Waals surface area contributed by atoms with Gasteiger partial charge in [-0.15, -0.1) is 0 Å². The van der Waals surface area contributed by atoms with Gasteiger partial charge in [-0.2, -0.15) is 0 Å². The third-order valence-electron chi connectivity index (χ3n) is 12.8. The van der Waals surface area contributed by atoms with E-state index in [1.807, 2.05) is 0 Å². The molecule has 0 unspecified atom stereocenters. The number of nitrogens with zero attached hydrogens (tertiary/aromatic N) is 2. The summed E-state index contributed by atoms with van der Waals surface area (Å²) in [6, 6.07) is 91.2. The van der Waals surface area contributed by atoms with Gasteiger partial charge in [-0.25, -0.2) is 0 Å². The zero-order valence-corrected chi connectivity index (χ0v) is 34.6. The van der Waals surface area contributed by atoms with Gasteiger partial charge in [-0.05, 0) is 103 Å². The van der Waals surface area contributed by atoms with Crippen molar-refractivity contribution in [3.63, 3.8) is 0 Å². The number of fused-ring (bicyclic) bond motifs is 4. The van der Waals surface area contributed by atoms with Crippen LogP contribution in [-0.4, -0.2) is 6.71 Å². The summed E-state index contributed by atoms with van der Waals surface area (Å²) in [5.74, 6) is 0. The van der Waals surface area contributed by atoms with Gasteiger partial charge in [-0.3, -0.25) is 0 Å². The van der Waals surface area contributed by atoms with E-state index in [-0.39, 0.29) is 6.71 Å². The molecule has 0 spiro atoms. The summed E-state index contributed by atoms with van der Waals surface area (Å²) >= 11 is 0. The van der Waals surface area contributed by atoms with E-state index in [2.05, 4.69) is 259 Å². The lowest BCUT2D eigenvalue weighted by molar-refractivity contribution is 1.25. The van der Waals surface area contributed by atoms with E-state index in [4.69, 9.17) is 0 Å². The molecule has 0 aromatic heterocycles. The second-order valence-electron chi connectivity index (χ2n) is 16.4. The van der Waals surface area contributed by atoms with Crippen molar-refractivity contribution in [2.75, 3.05) is 9.80 Å². The second kappa shape index (κ2) is 15.4. The first-order valence-electron chi connectivity index (χ1n) is 21.8. The molecular weight excluding hydrogens is 759 g/mol. The molecule has 10 aromatic rings. The first-order chi connectivity index (χ1) is 31.3. The molecule has 63 heavy (non-hydrogen) atoms. The van der Waals surface area contributed by atoms with E-state index in [9.17, 15) is 0 Å². The van der Waals surface area contributed by atoms with Gasteiger partial charge in [0.25, 0.3) is 6.71 Å². The Kier molecular flexibility index (Phi) is 8.97. The Hall–Kier alpha value is -8.14. The number of hydrogen-bond donors (Lipinski definition) is 0. The summed E-state index contributed by atoms with van der Waals surface area (Å²) in [6.07, 6.45) is 0. The molecule has 2 aliphatic heterocycles. The lowest BCUT2D eigenvalue weighted by Gasteiger charge is -2.46. The van der Waals surface area contributed by atoms with Crippen LogP contribution in [0.2, 0.25) is 0 Å². The summed E-state index contributed by atoms with van der Waals surface area (Å²) in [4.78, 5) is 5.11. The molecule has 294 valence electrons. The van der Waals surface area contributed by atoms with Crippen LogP contribution in [0, 0.1) is 0 Å². The smallest absolute Gasteiger partial charge is 0.252 e. The van der Waals surface area contributed by atoms with Crippen molar-refractivity contribution in [3.8, 4) is 55.6 Å². The van der Waals surface area contributed by atoms with E-state index in [1.54, 1.807) is 0 Å². The van der Waals surface area contributed by atoms with Crippen LogP contribution in [-0.2, 0) is 0 Å². The molecule has 0 atom stereocenters. The van der Waals surface area contributed by atoms with Crippen molar-refractivity contribution >= 4 is 57.2 Å². The molecule has 0 bridgehead atoms. The van der Waals surface area contributed by atoms with Gasteiger partial charge in [-0.1, -0.05) is 206 Å². The molecule has 0 N–H and O–H groups in total. The molecular formula is C60H41BN2. The number of anilines is 6. The minimum absolute atomic E-state index is 0.0654. The van der Waals surface area contributed by atoms with Gasteiger partial charge in [0.1, 0.15) is 0 Å².